The molecule has 0 bridgehead atoms. The molecule has 1 saturated heterocycles. The monoisotopic (exact) mass is 284 g/mol. The minimum absolute atomic E-state index is 0.0249. The van der Waals surface area contributed by atoms with Crippen LogP contribution in [-0.4, -0.2) is 41.3 Å². The van der Waals surface area contributed by atoms with Crippen LogP contribution in [0.1, 0.15) is 27.7 Å². The molecule has 0 spiro atoms. The van der Waals surface area contributed by atoms with Gasteiger partial charge in [0.05, 0.1) is 10.8 Å². The van der Waals surface area contributed by atoms with Gasteiger partial charge in [-0.15, -0.1) is 0 Å². The van der Waals surface area contributed by atoms with Crippen LogP contribution in [-0.2, 0) is 14.4 Å². The fourth-order valence-electron chi connectivity index (χ4n) is 1.43. The Kier molecular flexibility index (Phi) is 5.17. The van der Waals surface area contributed by atoms with Crippen molar-refractivity contribution in [3.63, 3.8) is 0 Å². The molecule has 0 saturated carbocycles. The minimum Gasteiger partial charge on any atom is -0.355 e. The number of ketones is 1. The van der Waals surface area contributed by atoms with E-state index in [9.17, 15) is 14.4 Å². The van der Waals surface area contributed by atoms with E-state index in [0.717, 1.165) is 0 Å². The second-order valence-corrected chi connectivity index (χ2v) is 6.31. The first-order chi connectivity index (χ1) is 8.75. The second kappa shape index (κ2) is 6.23. The van der Waals surface area contributed by atoms with E-state index in [-0.39, 0.29) is 29.9 Å². The quantitative estimate of drug-likeness (QED) is 0.787. The number of hydrogen-bond donors (Lipinski definition) is 1. The smallest absolute Gasteiger partial charge is 0.240 e. The van der Waals surface area contributed by atoms with Crippen LogP contribution >= 0.6 is 11.8 Å². The number of allylic oxidation sites excluding steroid dienone is 1. The third-order valence-electron chi connectivity index (χ3n) is 2.58. The van der Waals surface area contributed by atoms with Gasteiger partial charge in [0, 0.05) is 18.0 Å². The van der Waals surface area contributed by atoms with Crippen LogP contribution in [0.2, 0.25) is 0 Å². The Morgan fingerprint density at radius 1 is 1.42 bits per heavy atom. The van der Waals surface area contributed by atoms with Gasteiger partial charge in [0.15, 0.2) is 5.78 Å². The molecule has 0 aromatic carbocycles. The molecule has 0 unspecified atom stereocenters. The number of hydrogen-bond acceptors (Lipinski definition) is 4. The van der Waals surface area contributed by atoms with Crippen molar-refractivity contribution < 1.29 is 14.4 Å². The van der Waals surface area contributed by atoms with Gasteiger partial charge < -0.3 is 5.32 Å². The largest absolute Gasteiger partial charge is 0.355 e. The summed E-state index contributed by atoms with van der Waals surface area (Å²) in [6.45, 7) is 7.78. The topological polar surface area (TPSA) is 66.5 Å². The van der Waals surface area contributed by atoms with Gasteiger partial charge >= 0.3 is 0 Å². The van der Waals surface area contributed by atoms with Crippen molar-refractivity contribution in [2.45, 2.75) is 27.7 Å². The highest BCUT2D eigenvalue weighted by molar-refractivity contribution is 8.04. The van der Waals surface area contributed by atoms with E-state index in [1.165, 1.54) is 22.7 Å². The average Bonchev–Trinajstić information content (AvgIpc) is 2.60. The fourth-order valence-corrected chi connectivity index (χ4v) is 2.37. The van der Waals surface area contributed by atoms with Crippen molar-refractivity contribution in [3.8, 4) is 0 Å². The van der Waals surface area contributed by atoms with Crippen molar-refractivity contribution >= 4 is 29.4 Å². The van der Waals surface area contributed by atoms with E-state index >= 15 is 0 Å². The first-order valence-electron chi connectivity index (χ1n) is 6.21. The van der Waals surface area contributed by atoms with Crippen LogP contribution in [0.15, 0.2) is 11.1 Å². The number of carbonyl (C=O) groups excluding carboxylic acids is 3. The summed E-state index contributed by atoms with van der Waals surface area (Å²) >= 11 is 1.30. The summed E-state index contributed by atoms with van der Waals surface area (Å²) in [5.74, 6) is -0.120. The van der Waals surface area contributed by atoms with E-state index in [0.29, 0.717) is 11.6 Å². The lowest BCUT2D eigenvalue weighted by atomic mass is 9.91. The van der Waals surface area contributed by atoms with Crippen molar-refractivity contribution in [2.24, 2.45) is 5.41 Å². The molecule has 0 aromatic heterocycles. The molecule has 1 heterocycles. The number of amides is 2. The lowest BCUT2D eigenvalue weighted by Crippen LogP contribution is -2.37. The summed E-state index contributed by atoms with van der Waals surface area (Å²) in [4.78, 5) is 36.6. The first kappa shape index (κ1) is 15.8. The van der Waals surface area contributed by atoms with Gasteiger partial charge in [0.1, 0.15) is 6.54 Å². The molecule has 1 fully saturated rings. The first-order valence-corrected chi connectivity index (χ1v) is 7.20. The lowest BCUT2D eigenvalue weighted by Gasteiger charge is -2.18. The normalized spacial score (nSPS) is 18.0. The Labute approximate surface area is 117 Å². The van der Waals surface area contributed by atoms with Gasteiger partial charge in [0.25, 0.3) is 0 Å². The van der Waals surface area contributed by atoms with Gasteiger partial charge in [-0.25, -0.2) is 0 Å². The number of carbonyl (C=O) groups is 3. The van der Waals surface area contributed by atoms with Crippen molar-refractivity contribution in [1.29, 1.82) is 0 Å². The molecule has 6 heteroatoms. The molecule has 2 amide bonds. The van der Waals surface area contributed by atoms with Crippen LogP contribution in [0.25, 0.3) is 0 Å². The second-order valence-electron chi connectivity index (χ2n) is 5.32. The van der Waals surface area contributed by atoms with Crippen LogP contribution in [0.3, 0.4) is 0 Å². The predicted octanol–water partition coefficient (Wildman–Crippen LogP) is 1.15. The van der Waals surface area contributed by atoms with E-state index in [2.05, 4.69) is 5.32 Å². The highest BCUT2D eigenvalue weighted by Gasteiger charge is 2.30. The van der Waals surface area contributed by atoms with E-state index in [4.69, 9.17) is 0 Å². The van der Waals surface area contributed by atoms with Gasteiger partial charge in [-0.2, -0.15) is 0 Å². The number of nitrogens with zero attached hydrogens (tertiary/aromatic N) is 1. The fraction of sp³-hybridized carbons (Fsp3) is 0.615. The van der Waals surface area contributed by atoms with Crippen LogP contribution in [0.4, 0.5) is 0 Å². The third-order valence-corrected chi connectivity index (χ3v) is 3.61. The molecule has 106 valence electrons. The summed E-state index contributed by atoms with van der Waals surface area (Å²) in [5.41, 5.74) is -0.490. The van der Waals surface area contributed by atoms with E-state index < -0.39 is 5.41 Å². The van der Waals surface area contributed by atoms with Gasteiger partial charge in [0.2, 0.25) is 11.8 Å². The zero-order valence-corrected chi connectivity index (χ0v) is 12.6. The van der Waals surface area contributed by atoms with E-state index in [1.54, 1.807) is 0 Å². The molecule has 0 aliphatic carbocycles. The Bertz CT molecular complexity index is 424. The van der Waals surface area contributed by atoms with Crippen molar-refractivity contribution in [3.05, 3.63) is 11.1 Å². The van der Waals surface area contributed by atoms with E-state index in [1.807, 2.05) is 27.7 Å². The van der Waals surface area contributed by atoms with Gasteiger partial charge in [-0.05, 0) is 6.92 Å². The average molecular weight is 284 g/mol. The van der Waals surface area contributed by atoms with Crippen LogP contribution in [0.5, 0.6) is 0 Å². The summed E-state index contributed by atoms with van der Waals surface area (Å²) in [6, 6.07) is 0. The molecule has 0 radical (unpaired) electrons. The van der Waals surface area contributed by atoms with Crippen LogP contribution < -0.4 is 5.32 Å². The highest BCUT2D eigenvalue weighted by Crippen LogP contribution is 2.30. The Morgan fingerprint density at radius 3 is 2.58 bits per heavy atom. The molecule has 1 rings (SSSR count). The van der Waals surface area contributed by atoms with Gasteiger partial charge in [-0.3, -0.25) is 19.3 Å². The predicted molar refractivity (Wildman–Crippen MR) is 75.4 cm³/mol. The number of nitrogens with one attached hydrogen (secondary N) is 1. The lowest BCUT2D eigenvalue weighted by molar-refractivity contribution is -0.131. The molecule has 0 atom stereocenters. The van der Waals surface area contributed by atoms with Gasteiger partial charge in [-0.1, -0.05) is 32.5 Å². The molecule has 0 aromatic rings. The molecule has 19 heavy (non-hydrogen) atoms. The maximum Gasteiger partial charge on any atom is 0.240 e. The Balaban J connectivity index is 2.83. The molecule has 1 aliphatic heterocycles. The summed E-state index contributed by atoms with van der Waals surface area (Å²) in [5, 5.41) is 3.21. The molecule has 5 nitrogen and oxygen atoms in total. The number of thioether (sulfide) groups is 1. The number of rotatable bonds is 4. The van der Waals surface area contributed by atoms with Crippen LogP contribution in [0, 0.1) is 5.41 Å². The molecular formula is C13H20N2O3S. The van der Waals surface area contributed by atoms with Crippen molar-refractivity contribution in [2.75, 3.05) is 18.8 Å². The standard InChI is InChI=1S/C13H20N2O3S/c1-5-14-10(17)7-15-11(18)8-19-12(15)6-9(16)13(2,3)4/h6H,5,7-8H2,1-4H3,(H,14,17)/b12-6-. The Morgan fingerprint density at radius 2 is 2.05 bits per heavy atom. The van der Waals surface area contributed by atoms with Crippen molar-refractivity contribution in [1.82, 2.24) is 10.2 Å². The molecule has 1 N–H and O–H groups in total. The Hall–Kier alpha value is -1.30. The maximum atomic E-state index is 12.0. The third kappa shape index (κ3) is 4.38. The summed E-state index contributed by atoms with van der Waals surface area (Å²) in [7, 11) is 0. The zero-order chi connectivity index (χ0) is 14.6. The zero-order valence-electron chi connectivity index (χ0n) is 11.8. The SMILES string of the molecule is CCNC(=O)CN1C(=O)CS/C1=C\C(=O)C(C)(C)C. The minimum atomic E-state index is -0.490. The maximum absolute atomic E-state index is 12.0. The summed E-state index contributed by atoms with van der Waals surface area (Å²) < 4.78 is 0. The molecule has 1 aliphatic rings. The highest BCUT2D eigenvalue weighted by atomic mass is 32.2. The molecular weight excluding hydrogens is 264 g/mol. The number of likely N-dealkylation sites (N-methyl/N-ethyl adjacent to an activating group) is 1. The summed E-state index contributed by atoms with van der Waals surface area (Å²) in [6.07, 6.45) is 1.47.